The van der Waals surface area contributed by atoms with Gasteiger partial charge in [-0.3, -0.25) is 0 Å². The Balaban J connectivity index is 3.18. The van der Waals surface area contributed by atoms with Gasteiger partial charge in [0, 0.05) is 5.57 Å². The fourth-order valence-corrected chi connectivity index (χ4v) is 1.02. The van der Waals surface area contributed by atoms with Crippen LogP contribution in [0.2, 0.25) is 0 Å². The van der Waals surface area contributed by atoms with Crippen molar-refractivity contribution in [3.63, 3.8) is 0 Å². The van der Waals surface area contributed by atoms with Gasteiger partial charge in [0.1, 0.15) is 0 Å². The lowest BCUT2D eigenvalue weighted by Crippen LogP contribution is -1.95. The molecular formula is C10H10O5. The predicted molar refractivity (Wildman–Crippen MR) is 52.7 cm³/mol. The molecule has 80 valence electrons. The molecule has 0 amide bonds. The molecule has 1 rings (SSSR count). The van der Waals surface area contributed by atoms with Crippen LogP contribution in [0.1, 0.15) is 12.5 Å². The third kappa shape index (κ3) is 2.40. The first-order valence-corrected chi connectivity index (χ1v) is 4.08. The second kappa shape index (κ2) is 3.91. The number of aliphatic carboxylic acids is 1. The van der Waals surface area contributed by atoms with E-state index in [1.54, 1.807) is 0 Å². The van der Waals surface area contributed by atoms with Crippen LogP contribution in [0.15, 0.2) is 17.7 Å². The molecule has 0 heterocycles. The van der Waals surface area contributed by atoms with E-state index in [4.69, 9.17) is 20.4 Å². The van der Waals surface area contributed by atoms with Crippen LogP contribution in [0.4, 0.5) is 0 Å². The summed E-state index contributed by atoms with van der Waals surface area (Å²) < 4.78 is 0. The molecule has 5 heteroatoms. The number of rotatable bonds is 2. The Labute approximate surface area is 85.5 Å². The van der Waals surface area contributed by atoms with E-state index in [0.29, 0.717) is 5.56 Å². The van der Waals surface area contributed by atoms with E-state index in [-0.39, 0.29) is 5.57 Å². The van der Waals surface area contributed by atoms with Crippen molar-refractivity contribution in [2.45, 2.75) is 6.92 Å². The first-order valence-electron chi connectivity index (χ1n) is 4.08. The van der Waals surface area contributed by atoms with Crippen molar-refractivity contribution in [3.05, 3.63) is 23.3 Å². The van der Waals surface area contributed by atoms with Crippen LogP contribution in [0.25, 0.3) is 6.08 Å². The van der Waals surface area contributed by atoms with E-state index in [2.05, 4.69) is 0 Å². The molecule has 0 bridgehead atoms. The minimum atomic E-state index is -1.10. The van der Waals surface area contributed by atoms with Gasteiger partial charge in [-0.1, -0.05) is 0 Å². The smallest absolute Gasteiger partial charge is 0.331 e. The summed E-state index contributed by atoms with van der Waals surface area (Å²) >= 11 is 0. The highest BCUT2D eigenvalue weighted by atomic mass is 16.4. The maximum Gasteiger partial charge on any atom is 0.331 e. The van der Waals surface area contributed by atoms with Crippen LogP contribution in [0.3, 0.4) is 0 Å². The summed E-state index contributed by atoms with van der Waals surface area (Å²) in [5.41, 5.74) is 0.349. The number of carboxylic acids is 1. The van der Waals surface area contributed by atoms with Crippen molar-refractivity contribution >= 4 is 12.0 Å². The van der Waals surface area contributed by atoms with Crippen LogP contribution in [-0.4, -0.2) is 26.4 Å². The number of aromatic hydroxyl groups is 3. The zero-order valence-electron chi connectivity index (χ0n) is 7.93. The molecular weight excluding hydrogens is 200 g/mol. The van der Waals surface area contributed by atoms with E-state index in [9.17, 15) is 4.79 Å². The molecule has 0 spiro atoms. The van der Waals surface area contributed by atoms with E-state index in [1.165, 1.54) is 13.0 Å². The summed E-state index contributed by atoms with van der Waals surface area (Å²) in [5.74, 6) is -2.72. The molecule has 0 aliphatic carbocycles. The van der Waals surface area contributed by atoms with Gasteiger partial charge in [-0.05, 0) is 30.7 Å². The van der Waals surface area contributed by atoms with Gasteiger partial charge >= 0.3 is 5.97 Å². The minimum absolute atomic E-state index is 0.0551. The summed E-state index contributed by atoms with van der Waals surface area (Å²) in [7, 11) is 0. The number of hydrogen-bond acceptors (Lipinski definition) is 4. The number of carbonyl (C=O) groups is 1. The van der Waals surface area contributed by atoms with Crippen molar-refractivity contribution in [2.75, 3.05) is 0 Å². The number of hydrogen-bond donors (Lipinski definition) is 4. The lowest BCUT2D eigenvalue weighted by Gasteiger charge is -2.02. The van der Waals surface area contributed by atoms with E-state index in [1.807, 2.05) is 0 Å². The molecule has 0 atom stereocenters. The lowest BCUT2D eigenvalue weighted by atomic mass is 10.1. The Kier molecular flexibility index (Phi) is 2.85. The molecule has 1 aromatic carbocycles. The molecule has 0 aliphatic rings. The van der Waals surface area contributed by atoms with Crippen molar-refractivity contribution in [3.8, 4) is 17.2 Å². The van der Waals surface area contributed by atoms with Gasteiger partial charge in [0.05, 0.1) is 0 Å². The maximum absolute atomic E-state index is 10.5. The van der Waals surface area contributed by atoms with Gasteiger partial charge in [-0.15, -0.1) is 0 Å². The van der Waals surface area contributed by atoms with Gasteiger partial charge in [-0.25, -0.2) is 4.79 Å². The first-order chi connectivity index (χ1) is 6.91. The number of benzene rings is 1. The number of carboxylic acid groups (broad SMARTS) is 1. The topological polar surface area (TPSA) is 98.0 Å². The summed E-state index contributed by atoms with van der Waals surface area (Å²) in [4.78, 5) is 10.5. The zero-order chi connectivity index (χ0) is 11.6. The van der Waals surface area contributed by atoms with Crippen LogP contribution in [0.5, 0.6) is 17.2 Å². The van der Waals surface area contributed by atoms with Gasteiger partial charge < -0.3 is 20.4 Å². The van der Waals surface area contributed by atoms with Crippen molar-refractivity contribution in [1.82, 2.24) is 0 Å². The zero-order valence-corrected chi connectivity index (χ0v) is 7.93. The molecule has 0 radical (unpaired) electrons. The van der Waals surface area contributed by atoms with Gasteiger partial charge in [0.25, 0.3) is 0 Å². The molecule has 0 aromatic heterocycles. The molecule has 4 N–H and O–H groups in total. The second-order valence-electron chi connectivity index (χ2n) is 3.04. The molecule has 15 heavy (non-hydrogen) atoms. The molecule has 1 aromatic rings. The standard InChI is InChI=1S/C10H10O5/c1-5(10(14)15)2-6-3-7(11)9(13)8(12)4-6/h2-4,11-13H,1H3,(H,14,15). The summed E-state index contributed by atoms with van der Waals surface area (Å²) in [6.07, 6.45) is 1.27. The Morgan fingerprint density at radius 3 is 2.07 bits per heavy atom. The van der Waals surface area contributed by atoms with Crippen LogP contribution in [0, 0.1) is 0 Å². The molecule has 0 fully saturated rings. The van der Waals surface area contributed by atoms with Crippen LogP contribution in [-0.2, 0) is 4.79 Å². The maximum atomic E-state index is 10.5. The second-order valence-corrected chi connectivity index (χ2v) is 3.04. The van der Waals surface area contributed by atoms with Crippen molar-refractivity contribution in [1.29, 1.82) is 0 Å². The highest BCUT2D eigenvalue weighted by Crippen LogP contribution is 2.35. The number of phenols is 3. The van der Waals surface area contributed by atoms with Crippen molar-refractivity contribution in [2.24, 2.45) is 0 Å². The molecule has 0 saturated carbocycles. The Morgan fingerprint density at radius 1 is 1.20 bits per heavy atom. The summed E-state index contributed by atoms with van der Waals surface area (Å²) in [5, 5.41) is 35.9. The average molecular weight is 210 g/mol. The largest absolute Gasteiger partial charge is 0.504 e. The Hall–Kier alpha value is -2.17. The molecule has 5 nitrogen and oxygen atoms in total. The lowest BCUT2D eigenvalue weighted by molar-refractivity contribution is -0.132. The third-order valence-corrected chi connectivity index (χ3v) is 1.81. The van der Waals surface area contributed by atoms with Crippen LogP contribution < -0.4 is 0 Å². The van der Waals surface area contributed by atoms with Crippen molar-refractivity contribution < 1.29 is 25.2 Å². The molecule has 0 aliphatic heterocycles. The Morgan fingerprint density at radius 2 is 1.67 bits per heavy atom. The predicted octanol–water partition coefficient (Wildman–Crippen LogP) is 1.29. The highest BCUT2D eigenvalue weighted by molar-refractivity contribution is 5.91. The monoisotopic (exact) mass is 210 g/mol. The third-order valence-electron chi connectivity index (χ3n) is 1.81. The fraction of sp³-hybridized carbons (Fsp3) is 0.100. The van der Waals surface area contributed by atoms with Gasteiger partial charge in [0.15, 0.2) is 17.2 Å². The average Bonchev–Trinajstić information content (AvgIpc) is 2.13. The van der Waals surface area contributed by atoms with Gasteiger partial charge in [-0.2, -0.15) is 0 Å². The van der Waals surface area contributed by atoms with E-state index < -0.39 is 23.2 Å². The normalized spacial score (nSPS) is 11.4. The molecule has 0 unspecified atom stereocenters. The summed E-state index contributed by atoms with van der Waals surface area (Å²) in [6, 6.07) is 2.31. The minimum Gasteiger partial charge on any atom is -0.504 e. The van der Waals surface area contributed by atoms with Gasteiger partial charge in [0.2, 0.25) is 0 Å². The SMILES string of the molecule is CC(=Cc1cc(O)c(O)c(O)c1)C(=O)O. The fourth-order valence-electron chi connectivity index (χ4n) is 1.02. The highest BCUT2D eigenvalue weighted by Gasteiger charge is 2.08. The molecule has 0 saturated heterocycles. The van der Waals surface area contributed by atoms with E-state index >= 15 is 0 Å². The van der Waals surface area contributed by atoms with E-state index in [0.717, 1.165) is 12.1 Å². The van der Waals surface area contributed by atoms with Crippen LogP contribution >= 0.6 is 0 Å². The first kappa shape index (κ1) is 10.9. The summed E-state index contributed by atoms with van der Waals surface area (Å²) in [6.45, 7) is 1.38. The Bertz CT molecular complexity index is 410. The number of phenolic OH excluding ortho intramolecular Hbond substituents is 3. The quantitative estimate of drug-likeness (QED) is 0.435.